The second-order valence-corrected chi connectivity index (χ2v) is 3.95. The number of nitrogens with zero attached hydrogens (tertiary/aromatic N) is 2. The molecular formula is C14H14N2O. The van der Waals surface area contributed by atoms with Crippen LogP contribution in [-0.4, -0.2) is 4.86 Å². The molecule has 3 heteroatoms. The highest BCUT2D eigenvalue weighted by Crippen LogP contribution is 2.22. The van der Waals surface area contributed by atoms with Gasteiger partial charge in [0.2, 0.25) is 5.69 Å². The molecule has 0 radical (unpaired) electrons. The molecular weight excluding hydrogens is 212 g/mol. The van der Waals surface area contributed by atoms with E-state index in [1.165, 1.54) is 0 Å². The van der Waals surface area contributed by atoms with Gasteiger partial charge in [0.25, 0.3) is 0 Å². The first-order valence-corrected chi connectivity index (χ1v) is 5.48. The number of rotatable bonds is 2. The van der Waals surface area contributed by atoms with E-state index in [1.807, 2.05) is 56.3 Å². The molecule has 0 aliphatic heterocycles. The molecule has 2 aromatic carbocycles. The van der Waals surface area contributed by atoms with Crippen molar-refractivity contribution in [3.8, 4) is 0 Å². The molecule has 0 amide bonds. The minimum absolute atomic E-state index is 0.579. The van der Waals surface area contributed by atoms with Gasteiger partial charge in [-0.05, 0) is 30.3 Å². The summed E-state index contributed by atoms with van der Waals surface area (Å²) in [6, 6.07) is 15.0. The zero-order chi connectivity index (χ0) is 12.3. The molecule has 0 spiro atoms. The van der Waals surface area contributed by atoms with Gasteiger partial charge in [-0.1, -0.05) is 36.4 Å². The fourth-order valence-electron chi connectivity index (χ4n) is 1.61. The summed E-state index contributed by atoms with van der Waals surface area (Å²) in [6.45, 7) is 3.83. The molecule has 3 nitrogen and oxygen atoms in total. The molecule has 0 heterocycles. The maximum absolute atomic E-state index is 11.9. The average molecular weight is 226 g/mol. The van der Waals surface area contributed by atoms with Gasteiger partial charge >= 0.3 is 0 Å². The quantitative estimate of drug-likeness (QED) is 0.429. The smallest absolute Gasteiger partial charge is 0.247 e. The van der Waals surface area contributed by atoms with E-state index in [0.717, 1.165) is 11.1 Å². The van der Waals surface area contributed by atoms with Crippen LogP contribution >= 0.6 is 0 Å². The highest BCUT2D eigenvalue weighted by Gasteiger charge is 2.07. The molecule has 0 aliphatic carbocycles. The second-order valence-electron chi connectivity index (χ2n) is 3.95. The van der Waals surface area contributed by atoms with Gasteiger partial charge in [0.05, 0.1) is 0 Å². The number of hydrogen-bond donors (Lipinski definition) is 0. The van der Waals surface area contributed by atoms with Gasteiger partial charge in [0, 0.05) is 16.7 Å². The van der Waals surface area contributed by atoms with E-state index >= 15 is 0 Å². The molecule has 2 aromatic rings. The summed E-state index contributed by atoms with van der Waals surface area (Å²) in [5.74, 6) is 0. The van der Waals surface area contributed by atoms with E-state index < -0.39 is 0 Å². The van der Waals surface area contributed by atoms with Gasteiger partial charge in [-0.2, -0.15) is 0 Å². The van der Waals surface area contributed by atoms with Crippen molar-refractivity contribution in [1.29, 1.82) is 0 Å². The maximum Gasteiger partial charge on any atom is 0.247 e. The maximum atomic E-state index is 11.9. The summed E-state index contributed by atoms with van der Waals surface area (Å²) in [7, 11) is 0. The van der Waals surface area contributed by atoms with Gasteiger partial charge in [-0.15, -0.1) is 0 Å². The van der Waals surface area contributed by atoms with Gasteiger partial charge in [0.1, 0.15) is 5.69 Å². The monoisotopic (exact) mass is 226 g/mol. The predicted octanol–water partition coefficient (Wildman–Crippen LogP) is 4.23. The van der Waals surface area contributed by atoms with E-state index in [2.05, 4.69) is 5.11 Å². The van der Waals surface area contributed by atoms with Crippen LogP contribution in [0.2, 0.25) is 0 Å². The van der Waals surface area contributed by atoms with Crippen LogP contribution < -0.4 is 0 Å². The van der Waals surface area contributed by atoms with Crippen LogP contribution in [0, 0.1) is 19.1 Å². The van der Waals surface area contributed by atoms with Crippen molar-refractivity contribution in [2.24, 2.45) is 5.11 Å². The number of benzene rings is 2. The van der Waals surface area contributed by atoms with Crippen LogP contribution in [0.15, 0.2) is 53.6 Å². The second kappa shape index (κ2) is 4.78. The molecule has 0 saturated carbocycles. The van der Waals surface area contributed by atoms with Crippen LogP contribution in [0.5, 0.6) is 0 Å². The lowest BCUT2D eigenvalue weighted by Gasteiger charge is -2.03. The number of para-hydroxylation sites is 1. The molecule has 0 N–H and O–H groups in total. The molecule has 0 fully saturated rings. The summed E-state index contributed by atoms with van der Waals surface area (Å²) in [5.41, 5.74) is 3.18. The van der Waals surface area contributed by atoms with Crippen LogP contribution in [0.1, 0.15) is 11.1 Å². The van der Waals surface area contributed by atoms with Crippen molar-refractivity contribution in [3.05, 3.63) is 64.9 Å². The third-order valence-corrected chi connectivity index (χ3v) is 2.64. The van der Waals surface area contributed by atoms with Crippen LogP contribution in [0.4, 0.5) is 11.4 Å². The highest BCUT2D eigenvalue weighted by atomic mass is 16.5. The Kier molecular flexibility index (Phi) is 3.19. The lowest BCUT2D eigenvalue weighted by molar-refractivity contribution is -0.435. The molecule has 86 valence electrons. The predicted molar refractivity (Wildman–Crippen MR) is 67.7 cm³/mol. The Balaban J connectivity index is 2.42. The topological polar surface area (TPSA) is 38.4 Å². The van der Waals surface area contributed by atoms with Crippen molar-refractivity contribution in [3.63, 3.8) is 0 Å². The lowest BCUT2D eigenvalue weighted by Crippen LogP contribution is -1.93. The highest BCUT2D eigenvalue weighted by molar-refractivity contribution is 5.44. The summed E-state index contributed by atoms with van der Waals surface area (Å²) < 4.78 is 0. The SMILES string of the molecule is Cc1ccccc1N=[N+]([O-])c1ccccc1C. The third kappa shape index (κ3) is 2.50. The zero-order valence-electron chi connectivity index (χ0n) is 9.92. The Morgan fingerprint density at radius 1 is 0.882 bits per heavy atom. The minimum atomic E-state index is 0.579. The number of hydrogen-bond acceptors (Lipinski definition) is 2. The van der Waals surface area contributed by atoms with Gasteiger partial charge in [-0.3, -0.25) is 0 Å². The van der Waals surface area contributed by atoms with Crippen molar-refractivity contribution in [2.45, 2.75) is 13.8 Å². The van der Waals surface area contributed by atoms with E-state index in [9.17, 15) is 5.21 Å². The number of aryl methyl sites for hydroxylation is 2. The molecule has 0 unspecified atom stereocenters. The van der Waals surface area contributed by atoms with Crippen molar-refractivity contribution in [2.75, 3.05) is 0 Å². The summed E-state index contributed by atoms with van der Waals surface area (Å²) in [6.07, 6.45) is 0. The Hall–Kier alpha value is -2.16. The molecule has 17 heavy (non-hydrogen) atoms. The third-order valence-electron chi connectivity index (χ3n) is 2.64. The van der Waals surface area contributed by atoms with Crippen molar-refractivity contribution >= 4 is 11.4 Å². The van der Waals surface area contributed by atoms with Crippen LogP contribution in [-0.2, 0) is 0 Å². The van der Waals surface area contributed by atoms with Gasteiger partial charge in [-0.25, -0.2) is 0 Å². The van der Waals surface area contributed by atoms with E-state index in [1.54, 1.807) is 6.07 Å². The van der Waals surface area contributed by atoms with Crippen LogP contribution in [0.3, 0.4) is 0 Å². The Labute approximate surface area is 101 Å². The average Bonchev–Trinajstić information content (AvgIpc) is 2.32. The van der Waals surface area contributed by atoms with Crippen molar-refractivity contribution in [1.82, 2.24) is 0 Å². The fourth-order valence-corrected chi connectivity index (χ4v) is 1.61. The zero-order valence-corrected chi connectivity index (χ0v) is 9.92. The van der Waals surface area contributed by atoms with E-state index in [0.29, 0.717) is 16.2 Å². The molecule has 0 atom stereocenters. The van der Waals surface area contributed by atoms with Gasteiger partial charge in [0.15, 0.2) is 0 Å². The minimum Gasteiger partial charge on any atom is -0.594 e. The standard InChI is InChI=1S/C14H14N2O/c1-11-7-3-5-9-13(11)15-16(17)14-10-6-4-8-12(14)2/h3-10H,1-2H3. The largest absolute Gasteiger partial charge is 0.594 e. The fraction of sp³-hybridized carbons (Fsp3) is 0.143. The lowest BCUT2D eigenvalue weighted by atomic mass is 10.2. The summed E-state index contributed by atoms with van der Waals surface area (Å²) in [5, 5.41) is 16.0. The Bertz CT molecular complexity index is 562. The van der Waals surface area contributed by atoms with E-state index in [-0.39, 0.29) is 0 Å². The molecule has 0 saturated heterocycles. The van der Waals surface area contributed by atoms with E-state index in [4.69, 9.17) is 0 Å². The molecule has 0 bridgehead atoms. The first kappa shape index (κ1) is 11.3. The number of azo groups is 1. The normalized spacial score (nSPS) is 11.5. The molecule has 0 aliphatic rings. The molecule has 0 aromatic heterocycles. The summed E-state index contributed by atoms with van der Waals surface area (Å²) in [4.78, 5) is 0.678. The molecule has 2 rings (SSSR count). The van der Waals surface area contributed by atoms with Crippen LogP contribution in [0.25, 0.3) is 0 Å². The first-order valence-electron chi connectivity index (χ1n) is 5.48. The van der Waals surface area contributed by atoms with Gasteiger partial charge < -0.3 is 5.21 Å². The Morgan fingerprint density at radius 3 is 2.12 bits per heavy atom. The summed E-state index contributed by atoms with van der Waals surface area (Å²) >= 11 is 0. The first-order chi connectivity index (χ1) is 8.18. The van der Waals surface area contributed by atoms with Crippen molar-refractivity contribution < 1.29 is 4.86 Å². The Morgan fingerprint density at radius 2 is 1.47 bits per heavy atom.